The molecule has 2 heteroatoms. The van der Waals surface area contributed by atoms with E-state index in [1.165, 1.54) is 12.8 Å². The summed E-state index contributed by atoms with van der Waals surface area (Å²) in [6.07, 6.45) is 2.57. The lowest BCUT2D eigenvalue weighted by Gasteiger charge is -1.89. The first kappa shape index (κ1) is 4.62. The van der Waals surface area contributed by atoms with Crippen molar-refractivity contribution >= 4 is 6.72 Å². The number of hydrogen-bond acceptors (Lipinski definition) is 2. The van der Waals surface area contributed by atoms with Crippen molar-refractivity contribution in [1.82, 2.24) is 0 Å². The van der Waals surface area contributed by atoms with Crippen LogP contribution in [-0.2, 0) is 4.84 Å². The Morgan fingerprint density at radius 1 is 1.71 bits per heavy atom. The maximum atomic E-state index is 4.71. The van der Waals surface area contributed by atoms with E-state index in [0.717, 1.165) is 12.5 Å². The first-order valence-electron chi connectivity index (χ1n) is 2.45. The van der Waals surface area contributed by atoms with Gasteiger partial charge in [0, 0.05) is 0 Å². The Morgan fingerprint density at radius 3 is 2.86 bits per heavy atom. The van der Waals surface area contributed by atoms with Crippen molar-refractivity contribution in [1.29, 1.82) is 0 Å². The van der Waals surface area contributed by atoms with Crippen LogP contribution >= 0.6 is 0 Å². The van der Waals surface area contributed by atoms with Crippen molar-refractivity contribution in [3.05, 3.63) is 0 Å². The zero-order chi connectivity index (χ0) is 5.11. The highest BCUT2D eigenvalue weighted by molar-refractivity contribution is 5.21. The third-order valence-corrected chi connectivity index (χ3v) is 1.08. The third-order valence-electron chi connectivity index (χ3n) is 1.08. The van der Waals surface area contributed by atoms with Gasteiger partial charge in [-0.05, 0) is 18.8 Å². The predicted molar refractivity (Wildman–Crippen MR) is 27.2 cm³/mol. The molecule has 0 saturated heterocycles. The molecule has 39 valence electrons. The summed E-state index contributed by atoms with van der Waals surface area (Å²) in [5.41, 5.74) is 0. The number of rotatable bonds is 3. The molecule has 0 spiro atoms. The van der Waals surface area contributed by atoms with Crippen LogP contribution in [0, 0.1) is 5.92 Å². The molecule has 0 aromatic rings. The van der Waals surface area contributed by atoms with Crippen LogP contribution in [0.1, 0.15) is 12.8 Å². The van der Waals surface area contributed by atoms with Crippen molar-refractivity contribution in [3.63, 3.8) is 0 Å². The van der Waals surface area contributed by atoms with Gasteiger partial charge in [-0.3, -0.25) is 0 Å². The topological polar surface area (TPSA) is 21.6 Å². The van der Waals surface area contributed by atoms with Gasteiger partial charge in [0.2, 0.25) is 0 Å². The van der Waals surface area contributed by atoms with Crippen LogP contribution in [-0.4, -0.2) is 13.3 Å². The van der Waals surface area contributed by atoms with E-state index in [-0.39, 0.29) is 0 Å². The predicted octanol–water partition coefficient (Wildman–Crippen LogP) is 0.906. The maximum absolute atomic E-state index is 4.71. The van der Waals surface area contributed by atoms with Crippen LogP contribution in [0.5, 0.6) is 0 Å². The zero-order valence-corrected chi connectivity index (χ0v) is 4.13. The van der Waals surface area contributed by atoms with Gasteiger partial charge < -0.3 is 4.84 Å². The second-order valence-electron chi connectivity index (χ2n) is 1.84. The van der Waals surface area contributed by atoms with Gasteiger partial charge >= 0.3 is 0 Å². The van der Waals surface area contributed by atoms with Gasteiger partial charge in [0.05, 0.1) is 6.72 Å². The van der Waals surface area contributed by atoms with Gasteiger partial charge in [-0.25, -0.2) is 0 Å². The highest BCUT2D eigenvalue weighted by atomic mass is 16.6. The molecule has 1 aliphatic rings. The maximum Gasteiger partial charge on any atom is 0.120 e. The van der Waals surface area contributed by atoms with E-state index in [0.29, 0.717) is 0 Å². The summed E-state index contributed by atoms with van der Waals surface area (Å²) in [5.74, 6) is 0.757. The summed E-state index contributed by atoms with van der Waals surface area (Å²) >= 11 is 0. The van der Waals surface area contributed by atoms with E-state index in [9.17, 15) is 0 Å². The summed E-state index contributed by atoms with van der Waals surface area (Å²) in [5, 5.41) is 3.02. The average Bonchev–Trinajstić information content (AvgIpc) is 2.42. The van der Waals surface area contributed by atoms with E-state index in [1.807, 2.05) is 0 Å². The smallest absolute Gasteiger partial charge is 0.120 e. The summed E-state index contributed by atoms with van der Waals surface area (Å²) in [6.45, 7) is 5.43. The number of hydrogen-bond donors (Lipinski definition) is 0. The lowest BCUT2D eigenvalue weighted by Crippen LogP contribution is -1.86. The van der Waals surface area contributed by atoms with Crippen molar-refractivity contribution in [2.45, 2.75) is 12.8 Å². The Hall–Kier alpha value is -0.530. The van der Waals surface area contributed by atoms with Crippen LogP contribution < -0.4 is 0 Å². The quantitative estimate of drug-likeness (QED) is 0.379. The van der Waals surface area contributed by atoms with Crippen molar-refractivity contribution in [3.8, 4) is 0 Å². The number of nitrogens with zero attached hydrogens (tertiary/aromatic N) is 1. The molecule has 1 radical (unpaired) electrons. The van der Waals surface area contributed by atoms with Crippen molar-refractivity contribution in [2.24, 2.45) is 11.1 Å². The molecule has 0 aromatic heterocycles. The molecule has 0 aromatic carbocycles. The fraction of sp³-hybridized carbons (Fsp3) is 0.800. The Balaban J connectivity index is 1.88. The lowest BCUT2D eigenvalue weighted by atomic mass is 10.5. The standard InChI is InChI=1S/C5H8NO/c1-6-7-4-5-2-3-5/h1,5H,2-4H2. The SMILES string of the molecule is [CH]=NOCC1CC1. The summed E-state index contributed by atoms with van der Waals surface area (Å²) in [6, 6.07) is 0. The highest BCUT2D eigenvalue weighted by Crippen LogP contribution is 2.28. The van der Waals surface area contributed by atoms with Crippen LogP contribution in [0.2, 0.25) is 0 Å². The largest absolute Gasteiger partial charge is 0.395 e. The first-order chi connectivity index (χ1) is 3.43. The first-order valence-corrected chi connectivity index (χ1v) is 2.45. The fourth-order valence-electron chi connectivity index (χ4n) is 0.433. The van der Waals surface area contributed by atoms with E-state index < -0.39 is 0 Å². The van der Waals surface area contributed by atoms with Gasteiger partial charge in [-0.1, -0.05) is 5.16 Å². The highest BCUT2D eigenvalue weighted by Gasteiger charge is 2.21. The van der Waals surface area contributed by atoms with Crippen LogP contribution in [0.4, 0.5) is 0 Å². The minimum absolute atomic E-state index is 0.719. The molecule has 2 nitrogen and oxygen atoms in total. The van der Waals surface area contributed by atoms with E-state index in [1.54, 1.807) is 0 Å². The second kappa shape index (κ2) is 1.96. The summed E-state index contributed by atoms with van der Waals surface area (Å²) in [7, 11) is 0. The van der Waals surface area contributed by atoms with Gasteiger partial charge in [-0.2, -0.15) is 0 Å². The normalized spacial score (nSPS) is 18.9. The summed E-state index contributed by atoms with van der Waals surface area (Å²) < 4.78 is 0. The molecule has 0 amide bonds. The average molecular weight is 98.1 g/mol. The minimum atomic E-state index is 0.719. The van der Waals surface area contributed by atoms with Crippen molar-refractivity contribution in [2.75, 3.05) is 6.61 Å². The molecule has 0 N–H and O–H groups in total. The molecule has 0 aliphatic heterocycles. The van der Waals surface area contributed by atoms with Gasteiger partial charge in [-0.15, -0.1) is 0 Å². The molecule has 7 heavy (non-hydrogen) atoms. The molecular weight excluding hydrogens is 90.1 g/mol. The van der Waals surface area contributed by atoms with Crippen LogP contribution in [0.15, 0.2) is 5.16 Å². The lowest BCUT2D eigenvalue weighted by molar-refractivity contribution is 0.136. The van der Waals surface area contributed by atoms with E-state index in [2.05, 4.69) is 9.99 Å². The Labute approximate surface area is 43.2 Å². The van der Waals surface area contributed by atoms with Gasteiger partial charge in [0.25, 0.3) is 0 Å². The van der Waals surface area contributed by atoms with E-state index >= 15 is 0 Å². The Bertz CT molecular complexity index is 68.5. The zero-order valence-electron chi connectivity index (χ0n) is 4.13. The minimum Gasteiger partial charge on any atom is -0.395 e. The van der Waals surface area contributed by atoms with Crippen molar-refractivity contribution < 1.29 is 4.84 Å². The Kier molecular flexibility index (Phi) is 1.29. The van der Waals surface area contributed by atoms with Crippen LogP contribution in [0.25, 0.3) is 0 Å². The molecule has 0 atom stereocenters. The Morgan fingerprint density at radius 2 is 2.43 bits per heavy atom. The van der Waals surface area contributed by atoms with E-state index in [4.69, 9.17) is 6.72 Å². The molecule has 1 rings (SSSR count). The van der Waals surface area contributed by atoms with Gasteiger partial charge in [0.1, 0.15) is 6.61 Å². The fourth-order valence-corrected chi connectivity index (χ4v) is 0.433. The van der Waals surface area contributed by atoms with Crippen LogP contribution in [0.3, 0.4) is 0 Å². The monoisotopic (exact) mass is 98.1 g/mol. The molecule has 0 heterocycles. The molecule has 0 unspecified atom stereocenters. The summed E-state index contributed by atoms with van der Waals surface area (Å²) in [4.78, 5) is 4.56. The van der Waals surface area contributed by atoms with Gasteiger partial charge in [0.15, 0.2) is 0 Å². The molecule has 1 aliphatic carbocycles. The molecular formula is C5H8NO. The molecule has 1 fully saturated rings. The molecule has 1 saturated carbocycles. The third kappa shape index (κ3) is 1.57. The molecule has 0 bridgehead atoms. The second-order valence-corrected chi connectivity index (χ2v) is 1.84.